The van der Waals surface area contributed by atoms with Gasteiger partial charge in [0, 0.05) is 0 Å². The summed E-state index contributed by atoms with van der Waals surface area (Å²) in [5, 5.41) is 8.96. The number of hydrogen-bond acceptors (Lipinski definition) is 3. The molecule has 2 aliphatic rings. The van der Waals surface area contributed by atoms with E-state index in [2.05, 4.69) is 0 Å². The Morgan fingerprint density at radius 1 is 1.77 bits per heavy atom. The minimum Gasteiger partial charge on any atom is -0.480 e. The molecule has 0 aromatic rings. The van der Waals surface area contributed by atoms with Gasteiger partial charge in [0.05, 0.1) is 6.04 Å². The summed E-state index contributed by atoms with van der Waals surface area (Å²) in [6, 6.07) is -0.519. The Morgan fingerprint density at radius 2 is 2.38 bits per heavy atom. The molecular weight excluding hydrogens is 172 g/mol. The molecule has 2 fully saturated rings. The highest BCUT2D eigenvalue weighted by Crippen LogP contribution is 2.41. The number of hydrogen-bond donors (Lipinski definition) is 2. The first-order chi connectivity index (χ1) is 5.98. The standard InChI is InChI=1S/C8H12N2O3/c1-8(7(12)13)3-2-4-5(9)6(11)10(4)8/h4-5H,2-3,9H2,1H3,(H,12,13)/t4-,5?,8?/m1/s1. The Morgan fingerprint density at radius 3 is 2.92 bits per heavy atom. The summed E-state index contributed by atoms with van der Waals surface area (Å²) in [5.41, 5.74) is 4.53. The Labute approximate surface area is 75.5 Å². The van der Waals surface area contributed by atoms with Gasteiger partial charge in [-0.1, -0.05) is 0 Å². The van der Waals surface area contributed by atoms with Gasteiger partial charge in [0.1, 0.15) is 11.6 Å². The van der Waals surface area contributed by atoms with Gasteiger partial charge in [-0.25, -0.2) is 4.79 Å². The van der Waals surface area contributed by atoms with Crippen molar-refractivity contribution in [2.24, 2.45) is 5.73 Å². The summed E-state index contributed by atoms with van der Waals surface area (Å²) < 4.78 is 0. The maximum atomic E-state index is 11.3. The van der Waals surface area contributed by atoms with E-state index < -0.39 is 17.6 Å². The molecule has 0 bridgehead atoms. The number of carbonyl (C=O) groups excluding carboxylic acids is 1. The van der Waals surface area contributed by atoms with E-state index in [-0.39, 0.29) is 11.9 Å². The molecular formula is C8H12N2O3. The van der Waals surface area contributed by atoms with Crippen LogP contribution in [-0.2, 0) is 9.59 Å². The number of carboxylic acids is 1. The van der Waals surface area contributed by atoms with Gasteiger partial charge < -0.3 is 15.7 Å². The number of amides is 1. The molecule has 0 saturated carbocycles. The van der Waals surface area contributed by atoms with Gasteiger partial charge in [-0.3, -0.25) is 4.79 Å². The van der Waals surface area contributed by atoms with Crippen molar-refractivity contribution in [3.8, 4) is 0 Å². The van der Waals surface area contributed by atoms with Crippen LogP contribution in [0.5, 0.6) is 0 Å². The van der Waals surface area contributed by atoms with Crippen LogP contribution in [0.4, 0.5) is 0 Å². The Kier molecular flexibility index (Phi) is 1.46. The van der Waals surface area contributed by atoms with Crippen molar-refractivity contribution in [1.29, 1.82) is 0 Å². The minimum absolute atomic E-state index is 0.0476. The second-order valence-electron chi connectivity index (χ2n) is 3.92. The number of β-lactam (4-membered cyclic amide) rings is 1. The molecule has 2 unspecified atom stereocenters. The van der Waals surface area contributed by atoms with E-state index in [1.807, 2.05) is 0 Å². The van der Waals surface area contributed by atoms with Gasteiger partial charge in [-0.2, -0.15) is 0 Å². The lowest BCUT2D eigenvalue weighted by atomic mass is 9.95. The second kappa shape index (κ2) is 2.23. The maximum absolute atomic E-state index is 11.3. The molecule has 2 heterocycles. The molecule has 2 rings (SSSR count). The highest BCUT2D eigenvalue weighted by Gasteiger charge is 2.60. The van der Waals surface area contributed by atoms with Gasteiger partial charge >= 0.3 is 5.97 Å². The SMILES string of the molecule is CC1(C(=O)O)CC[C@@H]2C(N)C(=O)N21. The number of rotatable bonds is 1. The van der Waals surface area contributed by atoms with Crippen molar-refractivity contribution in [3.05, 3.63) is 0 Å². The lowest BCUT2D eigenvalue weighted by molar-refractivity contribution is -0.166. The van der Waals surface area contributed by atoms with E-state index in [9.17, 15) is 9.59 Å². The van der Waals surface area contributed by atoms with Crippen LogP contribution in [0.15, 0.2) is 0 Å². The van der Waals surface area contributed by atoms with Crippen molar-refractivity contribution in [1.82, 2.24) is 4.90 Å². The summed E-state index contributed by atoms with van der Waals surface area (Å²) in [6.45, 7) is 1.58. The normalized spacial score (nSPS) is 42.9. The zero-order valence-corrected chi connectivity index (χ0v) is 7.36. The smallest absolute Gasteiger partial charge is 0.329 e. The number of nitrogens with two attached hydrogens (primary N) is 1. The second-order valence-corrected chi connectivity index (χ2v) is 3.92. The number of aliphatic carboxylic acids is 1. The van der Waals surface area contributed by atoms with Crippen LogP contribution in [0.25, 0.3) is 0 Å². The minimum atomic E-state index is -1.02. The Bertz CT molecular complexity index is 291. The lowest BCUT2D eigenvalue weighted by Gasteiger charge is -2.46. The van der Waals surface area contributed by atoms with Gasteiger partial charge in [-0.15, -0.1) is 0 Å². The summed E-state index contributed by atoms with van der Waals surface area (Å²) in [7, 11) is 0. The average Bonchev–Trinajstić information content (AvgIpc) is 2.40. The third-order valence-electron chi connectivity index (χ3n) is 3.19. The summed E-state index contributed by atoms with van der Waals surface area (Å²) >= 11 is 0. The van der Waals surface area contributed by atoms with E-state index in [0.29, 0.717) is 12.8 Å². The largest absolute Gasteiger partial charge is 0.480 e. The van der Waals surface area contributed by atoms with Crippen LogP contribution in [0, 0.1) is 0 Å². The molecule has 72 valence electrons. The predicted molar refractivity (Wildman–Crippen MR) is 43.9 cm³/mol. The van der Waals surface area contributed by atoms with Crippen molar-refractivity contribution in [2.45, 2.75) is 37.4 Å². The average molecular weight is 184 g/mol. The first kappa shape index (κ1) is 8.50. The van der Waals surface area contributed by atoms with Gasteiger partial charge in [-0.05, 0) is 19.8 Å². The fraction of sp³-hybridized carbons (Fsp3) is 0.750. The molecule has 13 heavy (non-hydrogen) atoms. The zero-order valence-electron chi connectivity index (χ0n) is 7.36. The molecule has 0 aliphatic carbocycles. The quantitative estimate of drug-likeness (QED) is 0.520. The maximum Gasteiger partial charge on any atom is 0.329 e. The molecule has 3 atom stereocenters. The molecule has 5 nitrogen and oxygen atoms in total. The number of fused-ring (bicyclic) bond motifs is 1. The van der Waals surface area contributed by atoms with E-state index in [4.69, 9.17) is 10.8 Å². The third kappa shape index (κ3) is 0.798. The van der Waals surface area contributed by atoms with Gasteiger partial charge in [0.25, 0.3) is 0 Å². The molecule has 2 saturated heterocycles. The molecule has 0 aromatic carbocycles. The summed E-state index contributed by atoms with van der Waals surface area (Å²) in [5.74, 6) is -1.16. The fourth-order valence-electron chi connectivity index (χ4n) is 2.24. The van der Waals surface area contributed by atoms with Crippen molar-refractivity contribution in [3.63, 3.8) is 0 Å². The highest BCUT2D eigenvalue weighted by molar-refractivity contribution is 5.96. The first-order valence-electron chi connectivity index (χ1n) is 4.30. The lowest BCUT2D eigenvalue weighted by Crippen LogP contribution is -2.71. The third-order valence-corrected chi connectivity index (χ3v) is 3.19. The van der Waals surface area contributed by atoms with E-state index >= 15 is 0 Å². The number of carboxylic acid groups (broad SMARTS) is 1. The van der Waals surface area contributed by atoms with Crippen molar-refractivity contribution in [2.75, 3.05) is 0 Å². The molecule has 5 heteroatoms. The van der Waals surface area contributed by atoms with Crippen LogP contribution in [0.1, 0.15) is 19.8 Å². The first-order valence-corrected chi connectivity index (χ1v) is 4.30. The van der Waals surface area contributed by atoms with E-state index in [1.165, 1.54) is 4.90 Å². The van der Waals surface area contributed by atoms with Crippen LogP contribution in [0.3, 0.4) is 0 Å². The summed E-state index contributed by atoms with van der Waals surface area (Å²) in [4.78, 5) is 23.6. The van der Waals surface area contributed by atoms with Crippen molar-refractivity contribution < 1.29 is 14.7 Å². The summed E-state index contributed by atoms with van der Waals surface area (Å²) in [6.07, 6.45) is 1.21. The van der Waals surface area contributed by atoms with E-state index in [1.54, 1.807) is 6.92 Å². The molecule has 1 amide bonds. The van der Waals surface area contributed by atoms with Crippen LogP contribution in [-0.4, -0.2) is 39.5 Å². The molecule has 0 spiro atoms. The van der Waals surface area contributed by atoms with Crippen molar-refractivity contribution >= 4 is 11.9 Å². The van der Waals surface area contributed by atoms with Crippen LogP contribution < -0.4 is 5.73 Å². The zero-order chi connectivity index (χ0) is 9.80. The highest BCUT2D eigenvalue weighted by atomic mass is 16.4. The topological polar surface area (TPSA) is 83.6 Å². The molecule has 3 N–H and O–H groups in total. The van der Waals surface area contributed by atoms with Crippen LogP contribution >= 0.6 is 0 Å². The Hall–Kier alpha value is -1.10. The number of carbonyl (C=O) groups is 2. The van der Waals surface area contributed by atoms with E-state index in [0.717, 1.165) is 0 Å². The fourth-order valence-corrected chi connectivity index (χ4v) is 2.24. The molecule has 0 aromatic heterocycles. The molecule has 0 radical (unpaired) electrons. The molecule has 2 aliphatic heterocycles. The monoisotopic (exact) mass is 184 g/mol. The van der Waals surface area contributed by atoms with Crippen LogP contribution in [0.2, 0.25) is 0 Å². The van der Waals surface area contributed by atoms with Gasteiger partial charge in [0.15, 0.2) is 0 Å². The van der Waals surface area contributed by atoms with Gasteiger partial charge in [0.2, 0.25) is 5.91 Å². The Balaban J connectivity index is 2.29. The predicted octanol–water partition coefficient (Wildman–Crippen LogP) is -0.838. The number of nitrogens with zero attached hydrogens (tertiary/aromatic N) is 1.